The molecule has 1 aromatic carbocycles. The van der Waals surface area contributed by atoms with Gasteiger partial charge in [0.15, 0.2) is 6.61 Å². The first-order valence-corrected chi connectivity index (χ1v) is 9.22. The van der Waals surface area contributed by atoms with Gasteiger partial charge in [-0.15, -0.1) is 0 Å². The Morgan fingerprint density at radius 3 is 2.28 bits per heavy atom. The number of nitrogens with zero attached hydrogens (tertiary/aromatic N) is 1. The van der Waals surface area contributed by atoms with Crippen LogP contribution < -0.4 is 5.32 Å². The van der Waals surface area contributed by atoms with Crippen molar-refractivity contribution in [1.82, 2.24) is 10.2 Å². The maximum Gasteiger partial charge on any atom is 0.416 e. The van der Waals surface area contributed by atoms with Crippen molar-refractivity contribution in [2.75, 3.05) is 26.3 Å². The van der Waals surface area contributed by atoms with Crippen LogP contribution in [-0.4, -0.2) is 55.2 Å². The summed E-state index contributed by atoms with van der Waals surface area (Å²) in [7, 11) is 0. The van der Waals surface area contributed by atoms with Crippen molar-refractivity contribution >= 4 is 18.0 Å². The number of nitrogens with one attached hydrogen (secondary N) is 1. The summed E-state index contributed by atoms with van der Waals surface area (Å²) in [4.78, 5) is 36.9. The van der Waals surface area contributed by atoms with E-state index in [0.29, 0.717) is 38.1 Å². The molecule has 1 N–H and O–H groups in total. The Kier molecular flexibility index (Phi) is 7.86. The minimum Gasteiger partial charge on any atom is -0.455 e. The van der Waals surface area contributed by atoms with Crippen LogP contribution in [0.5, 0.6) is 0 Å². The maximum absolute atomic E-state index is 12.5. The molecular weight excluding hydrogens is 393 g/mol. The van der Waals surface area contributed by atoms with Gasteiger partial charge >= 0.3 is 18.2 Å². The molecule has 2 amide bonds. The third-order valence-electron chi connectivity index (χ3n) is 4.38. The van der Waals surface area contributed by atoms with Crippen molar-refractivity contribution in [2.45, 2.75) is 38.4 Å². The SMILES string of the molecule is CCOC(=O)N1CCC(NC(=O)COC(=O)Cc2ccc(C(F)(F)F)cc2)CC1. The third-order valence-corrected chi connectivity index (χ3v) is 4.38. The van der Waals surface area contributed by atoms with Crippen molar-refractivity contribution in [2.24, 2.45) is 0 Å². The van der Waals surface area contributed by atoms with E-state index in [1.54, 1.807) is 11.8 Å². The summed E-state index contributed by atoms with van der Waals surface area (Å²) in [5.74, 6) is -1.18. The van der Waals surface area contributed by atoms with Crippen molar-refractivity contribution in [3.63, 3.8) is 0 Å². The molecule has 0 aliphatic carbocycles. The van der Waals surface area contributed by atoms with E-state index in [2.05, 4.69) is 5.32 Å². The van der Waals surface area contributed by atoms with Crippen LogP contribution in [0.15, 0.2) is 24.3 Å². The molecule has 0 atom stereocenters. The van der Waals surface area contributed by atoms with Gasteiger partial charge in [0.05, 0.1) is 18.6 Å². The Balaban J connectivity index is 1.69. The van der Waals surface area contributed by atoms with Gasteiger partial charge in [-0.2, -0.15) is 13.2 Å². The number of benzene rings is 1. The Labute approximate surface area is 166 Å². The lowest BCUT2D eigenvalue weighted by atomic mass is 10.1. The number of amides is 2. The Hall–Kier alpha value is -2.78. The van der Waals surface area contributed by atoms with Gasteiger partial charge in [0.2, 0.25) is 0 Å². The molecule has 0 bridgehead atoms. The number of likely N-dealkylation sites (tertiary alicyclic amines) is 1. The molecule has 1 saturated heterocycles. The molecule has 1 aliphatic heterocycles. The zero-order chi connectivity index (χ0) is 21.4. The van der Waals surface area contributed by atoms with E-state index in [9.17, 15) is 27.6 Å². The Bertz CT molecular complexity index is 714. The highest BCUT2D eigenvalue weighted by Gasteiger charge is 2.30. The predicted molar refractivity (Wildman–Crippen MR) is 95.9 cm³/mol. The highest BCUT2D eigenvalue weighted by Crippen LogP contribution is 2.29. The first-order valence-electron chi connectivity index (χ1n) is 9.22. The van der Waals surface area contributed by atoms with Gasteiger partial charge in [0.1, 0.15) is 0 Å². The fraction of sp³-hybridized carbons (Fsp3) is 0.526. The molecular formula is C19H23F3N2O5. The second-order valence-electron chi connectivity index (χ2n) is 6.56. The first kappa shape index (κ1) is 22.5. The van der Waals surface area contributed by atoms with Crippen LogP contribution in [0.4, 0.5) is 18.0 Å². The summed E-state index contributed by atoms with van der Waals surface area (Å²) in [6.45, 7) is 2.46. The number of hydrogen-bond acceptors (Lipinski definition) is 5. The second-order valence-corrected chi connectivity index (χ2v) is 6.56. The smallest absolute Gasteiger partial charge is 0.416 e. The minimum atomic E-state index is -4.44. The van der Waals surface area contributed by atoms with E-state index in [4.69, 9.17) is 9.47 Å². The number of piperidine rings is 1. The molecule has 0 aromatic heterocycles. The van der Waals surface area contributed by atoms with Crippen molar-refractivity contribution < 1.29 is 37.0 Å². The highest BCUT2D eigenvalue weighted by molar-refractivity contribution is 5.81. The lowest BCUT2D eigenvalue weighted by Gasteiger charge is -2.31. The van der Waals surface area contributed by atoms with E-state index in [1.165, 1.54) is 12.1 Å². The van der Waals surface area contributed by atoms with Crippen LogP contribution in [0, 0.1) is 0 Å². The van der Waals surface area contributed by atoms with Gasteiger partial charge < -0.3 is 19.7 Å². The number of halogens is 3. The summed E-state index contributed by atoms with van der Waals surface area (Å²) in [5, 5.41) is 2.73. The van der Waals surface area contributed by atoms with Crippen LogP contribution in [0.3, 0.4) is 0 Å². The number of hydrogen-bond donors (Lipinski definition) is 1. The summed E-state index contributed by atoms with van der Waals surface area (Å²) < 4.78 is 47.4. The van der Waals surface area contributed by atoms with Gasteiger partial charge in [-0.1, -0.05) is 12.1 Å². The van der Waals surface area contributed by atoms with Crippen LogP contribution in [0.1, 0.15) is 30.9 Å². The second kappa shape index (κ2) is 10.1. The topological polar surface area (TPSA) is 84.9 Å². The van der Waals surface area contributed by atoms with E-state index >= 15 is 0 Å². The van der Waals surface area contributed by atoms with Gasteiger partial charge in [-0.3, -0.25) is 9.59 Å². The first-order chi connectivity index (χ1) is 13.7. The monoisotopic (exact) mass is 416 g/mol. The average Bonchev–Trinajstić information content (AvgIpc) is 2.67. The molecule has 0 radical (unpaired) electrons. The lowest BCUT2D eigenvalue weighted by Crippen LogP contribution is -2.47. The third kappa shape index (κ3) is 7.28. The summed E-state index contributed by atoms with van der Waals surface area (Å²) in [6.07, 6.45) is -3.93. The lowest BCUT2D eigenvalue weighted by molar-refractivity contribution is -0.148. The van der Waals surface area contributed by atoms with Crippen molar-refractivity contribution in [3.05, 3.63) is 35.4 Å². The molecule has 1 fully saturated rings. The van der Waals surface area contributed by atoms with E-state index in [1.807, 2.05) is 0 Å². The quantitative estimate of drug-likeness (QED) is 0.721. The number of alkyl halides is 3. The number of esters is 1. The molecule has 0 unspecified atom stereocenters. The van der Waals surface area contributed by atoms with Crippen LogP contribution in [0.2, 0.25) is 0 Å². The van der Waals surface area contributed by atoms with Crippen molar-refractivity contribution in [1.29, 1.82) is 0 Å². The molecule has 1 heterocycles. The Morgan fingerprint density at radius 2 is 1.72 bits per heavy atom. The molecule has 0 spiro atoms. The number of carbonyl (C=O) groups excluding carboxylic acids is 3. The largest absolute Gasteiger partial charge is 0.455 e. The van der Waals surface area contributed by atoms with Crippen LogP contribution in [-0.2, 0) is 31.7 Å². The molecule has 2 rings (SSSR count). The van der Waals surface area contributed by atoms with Crippen molar-refractivity contribution in [3.8, 4) is 0 Å². The molecule has 1 aromatic rings. The van der Waals surface area contributed by atoms with Gasteiger partial charge in [0.25, 0.3) is 5.91 Å². The molecule has 7 nitrogen and oxygen atoms in total. The van der Waals surface area contributed by atoms with Gasteiger partial charge in [-0.05, 0) is 37.5 Å². The normalized spacial score (nSPS) is 15.0. The summed E-state index contributed by atoms with van der Waals surface area (Å²) >= 11 is 0. The van der Waals surface area contributed by atoms with Crippen LogP contribution >= 0.6 is 0 Å². The molecule has 160 valence electrons. The van der Waals surface area contributed by atoms with Crippen LogP contribution in [0.25, 0.3) is 0 Å². The maximum atomic E-state index is 12.5. The molecule has 10 heteroatoms. The molecule has 29 heavy (non-hydrogen) atoms. The van der Waals surface area contributed by atoms with E-state index in [0.717, 1.165) is 12.1 Å². The van der Waals surface area contributed by atoms with Gasteiger partial charge in [-0.25, -0.2) is 4.79 Å². The number of carbonyl (C=O) groups is 3. The summed E-state index contributed by atoms with van der Waals surface area (Å²) in [6, 6.07) is 4.03. The minimum absolute atomic E-state index is 0.137. The zero-order valence-corrected chi connectivity index (χ0v) is 16.0. The van der Waals surface area contributed by atoms with E-state index in [-0.39, 0.29) is 18.6 Å². The standard InChI is InChI=1S/C19H23F3N2O5/c1-2-28-18(27)24-9-7-15(8-10-24)23-16(25)12-29-17(26)11-13-3-5-14(6-4-13)19(20,21)22/h3-6,15H,2,7-12H2,1H3,(H,23,25). The number of ether oxygens (including phenoxy) is 2. The highest BCUT2D eigenvalue weighted by atomic mass is 19.4. The Morgan fingerprint density at radius 1 is 1.10 bits per heavy atom. The fourth-order valence-electron chi connectivity index (χ4n) is 2.87. The average molecular weight is 416 g/mol. The molecule has 1 aliphatic rings. The zero-order valence-electron chi connectivity index (χ0n) is 16.0. The number of rotatable bonds is 6. The summed E-state index contributed by atoms with van der Waals surface area (Å²) in [5.41, 5.74) is -0.447. The molecule has 0 saturated carbocycles. The predicted octanol–water partition coefficient (Wildman–Crippen LogP) is 2.53. The van der Waals surface area contributed by atoms with E-state index < -0.39 is 30.2 Å². The fourth-order valence-corrected chi connectivity index (χ4v) is 2.87. The van der Waals surface area contributed by atoms with Gasteiger partial charge in [0, 0.05) is 19.1 Å².